The van der Waals surface area contributed by atoms with Crippen LogP contribution >= 0.6 is 11.3 Å². The highest BCUT2D eigenvalue weighted by molar-refractivity contribution is 7.09. The number of nitrogens with one attached hydrogen (secondary N) is 1. The lowest BCUT2D eigenvalue weighted by molar-refractivity contribution is 0.344. The van der Waals surface area contributed by atoms with Crippen LogP contribution in [0.4, 0.5) is 5.82 Å². The summed E-state index contributed by atoms with van der Waals surface area (Å²) in [6, 6.07) is 2.40. The first kappa shape index (κ1) is 13.5. The van der Waals surface area contributed by atoms with Crippen molar-refractivity contribution in [2.45, 2.75) is 38.1 Å². The van der Waals surface area contributed by atoms with Gasteiger partial charge in [0.25, 0.3) is 0 Å². The van der Waals surface area contributed by atoms with Crippen LogP contribution in [0.15, 0.2) is 17.6 Å². The quantitative estimate of drug-likeness (QED) is 0.881. The summed E-state index contributed by atoms with van der Waals surface area (Å²) in [5.74, 6) is 2.23. The summed E-state index contributed by atoms with van der Waals surface area (Å²) >= 11 is 1.68. The second kappa shape index (κ2) is 5.85. The summed E-state index contributed by atoms with van der Waals surface area (Å²) in [5.41, 5.74) is 6.97. The van der Waals surface area contributed by atoms with Crippen molar-refractivity contribution in [3.63, 3.8) is 0 Å². The van der Waals surface area contributed by atoms with Crippen molar-refractivity contribution in [2.75, 3.05) is 11.9 Å². The first-order valence-electron chi connectivity index (χ1n) is 6.94. The zero-order valence-corrected chi connectivity index (χ0v) is 12.4. The highest BCUT2D eigenvalue weighted by Crippen LogP contribution is 2.35. The highest BCUT2D eigenvalue weighted by atomic mass is 32.1. The molecule has 0 saturated heterocycles. The number of nitrogens with two attached hydrogens (primary N) is 1. The Labute approximate surface area is 122 Å². The van der Waals surface area contributed by atoms with E-state index in [0.717, 1.165) is 48.2 Å². The molecule has 0 amide bonds. The molecular formula is C14H19N5S. The van der Waals surface area contributed by atoms with Crippen LogP contribution in [0.25, 0.3) is 0 Å². The molecule has 20 heavy (non-hydrogen) atoms. The highest BCUT2D eigenvalue weighted by Gasteiger charge is 2.28. The number of rotatable bonds is 5. The van der Waals surface area contributed by atoms with Crippen molar-refractivity contribution in [3.8, 4) is 0 Å². The average Bonchev–Trinajstić information content (AvgIpc) is 2.87. The van der Waals surface area contributed by atoms with Crippen LogP contribution in [-0.2, 0) is 6.42 Å². The van der Waals surface area contributed by atoms with Crippen LogP contribution in [0.1, 0.15) is 35.3 Å². The summed E-state index contributed by atoms with van der Waals surface area (Å²) in [6.07, 6.45) is 4.83. The molecule has 0 aromatic carbocycles. The number of thiazole rings is 1. The minimum absolute atomic E-state index is 0.344. The molecule has 1 fully saturated rings. The van der Waals surface area contributed by atoms with Crippen LogP contribution in [0.5, 0.6) is 0 Å². The van der Waals surface area contributed by atoms with E-state index in [2.05, 4.69) is 26.3 Å². The maximum atomic E-state index is 5.85. The van der Waals surface area contributed by atoms with E-state index in [9.17, 15) is 0 Å². The zero-order valence-electron chi connectivity index (χ0n) is 11.5. The van der Waals surface area contributed by atoms with Crippen LogP contribution in [0.3, 0.4) is 0 Å². The molecule has 6 heteroatoms. The van der Waals surface area contributed by atoms with Gasteiger partial charge in [-0.1, -0.05) is 0 Å². The average molecular weight is 289 g/mol. The summed E-state index contributed by atoms with van der Waals surface area (Å²) < 4.78 is 0. The number of hydrogen-bond acceptors (Lipinski definition) is 6. The summed E-state index contributed by atoms with van der Waals surface area (Å²) in [7, 11) is 0. The fraction of sp³-hybridized carbons (Fsp3) is 0.500. The van der Waals surface area contributed by atoms with Crippen molar-refractivity contribution < 1.29 is 0 Å². The molecule has 1 aliphatic carbocycles. The third-order valence-electron chi connectivity index (χ3n) is 3.58. The maximum absolute atomic E-state index is 5.85. The zero-order chi connectivity index (χ0) is 13.9. The van der Waals surface area contributed by atoms with Gasteiger partial charge in [0.15, 0.2) is 0 Å². The fourth-order valence-corrected chi connectivity index (χ4v) is 3.09. The van der Waals surface area contributed by atoms with E-state index in [1.807, 2.05) is 18.5 Å². The Morgan fingerprint density at radius 2 is 2.25 bits per heavy atom. The van der Waals surface area contributed by atoms with E-state index in [1.165, 1.54) is 0 Å². The molecule has 2 aromatic heterocycles. The lowest BCUT2D eigenvalue weighted by atomic mass is 9.78. The molecule has 3 rings (SSSR count). The second-order valence-corrected chi connectivity index (χ2v) is 6.24. The SMILES string of the molecule is Cc1nc(NCCc2nccs2)cc(C2CC(N)C2)n1. The number of nitrogens with zero attached hydrogens (tertiary/aromatic N) is 3. The smallest absolute Gasteiger partial charge is 0.129 e. The van der Waals surface area contributed by atoms with Crippen LogP contribution < -0.4 is 11.1 Å². The lowest BCUT2D eigenvalue weighted by Gasteiger charge is -2.32. The van der Waals surface area contributed by atoms with Gasteiger partial charge in [-0.2, -0.15) is 0 Å². The number of aromatic nitrogens is 3. The van der Waals surface area contributed by atoms with Gasteiger partial charge >= 0.3 is 0 Å². The van der Waals surface area contributed by atoms with Gasteiger partial charge in [-0.15, -0.1) is 11.3 Å². The van der Waals surface area contributed by atoms with E-state index in [0.29, 0.717) is 12.0 Å². The van der Waals surface area contributed by atoms with Crippen LogP contribution in [-0.4, -0.2) is 27.5 Å². The van der Waals surface area contributed by atoms with Crippen molar-refractivity contribution in [1.29, 1.82) is 0 Å². The van der Waals surface area contributed by atoms with Gasteiger partial charge in [-0.05, 0) is 19.8 Å². The minimum Gasteiger partial charge on any atom is -0.370 e. The van der Waals surface area contributed by atoms with E-state index in [-0.39, 0.29) is 0 Å². The van der Waals surface area contributed by atoms with Crippen molar-refractivity contribution in [3.05, 3.63) is 34.2 Å². The van der Waals surface area contributed by atoms with Gasteiger partial charge in [0.2, 0.25) is 0 Å². The van der Waals surface area contributed by atoms with Crippen molar-refractivity contribution in [1.82, 2.24) is 15.0 Å². The Balaban J connectivity index is 1.61. The van der Waals surface area contributed by atoms with Gasteiger partial charge in [0.1, 0.15) is 11.6 Å². The summed E-state index contributed by atoms with van der Waals surface area (Å²) in [6.45, 7) is 2.78. The molecule has 2 aromatic rings. The number of anilines is 1. The van der Waals surface area contributed by atoms with Crippen LogP contribution in [0, 0.1) is 6.92 Å². The molecule has 0 aliphatic heterocycles. The molecule has 0 bridgehead atoms. The Kier molecular flexibility index (Phi) is 3.93. The van der Waals surface area contributed by atoms with Gasteiger partial charge in [-0.3, -0.25) is 0 Å². The number of hydrogen-bond donors (Lipinski definition) is 2. The minimum atomic E-state index is 0.344. The first-order valence-corrected chi connectivity index (χ1v) is 7.82. The molecule has 0 radical (unpaired) electrons. The normalized spacial score (nSPS) is 21.5. The third-order valence-corrected chi connectivity index (χ3v) is 4.42. The third kappa shape index (κ3) is 3.13. The lowest BCUT2D eigenvalue weighted by Crippen LogP contribution is -2.35. The number of aryl methyl sites for hydroxylation is 1. The first-order chi connectivity index (χ1) is 9.70. The molecule has 5 nitrogen and oxygen atoms in total. The summed E-state index contributed by atoms with van der Waals surface area (Å²) in [4.78, 5) is 13.2. The molecule has 2 heterocycles. The molecule has 3 N–H and O–H groups in total. The molecule has 0 atom stereocenters. The van der Waals surface area contributed by atoms with Crippen LogP contribution in [0.2, 0.25) is 0 Å². The fourth-order valence-electron chi connectivity index (χ4n) is 2.47. The van der Waals surface area contributed by atoms with Gasteiger partial charge < -0.3 is 11.1 Å². The Hall–Kier alpha value is -1.53. The molecule has 106 valence electrons. The summed E-state index contributed by atoms with van der Waals surface area (Å²) in [5, 5.41) is 6.51. The molecule has 0 spiro atoms. The van der Waals surface area contributed by atoms with E-state index < -0.39 is 0 Å². The Bertz CT molecular complexity index is 563. The topological polar surface area (TPSA) is 76.7 Å². The molecule has 1 saturated carbocycles. The standard InChI is InChI=1S/C14H19N5S/c1-9-18-12(10-6-11(15)7-10)8-13(19-9)16-3-2-14-17-4-5-20-14/h4-5,8,10-11H,2-3,6-7,15H2,1H3,(H,16,18,19). The molecular weight excluding hydrogens is 270 g/mol. The van der Waals surface area contributed by atoms with Gasteiger partial charge in [0, 0.05) is 48.3 Å². The molecule has 1 aliphatic rings. The van der Waals surface area contributed by atoms with Crippen molar-refractivity contribution in [2.24, 2.45) is 5.73 Å². The van der Waals surface area contributed by atoms with Crippen molar-refractivity contribution >= 4 is 17.2 Å². The Morgan fingerprint density at radius 3 is 2.95 bits per heavy atom. The predicted molar refractivity (Wildman–Crippen MR) is 81.0 cm³/mol. The van der Waals surface area contributed by atoms with E-state index in [1.54, 1.807) is 11.3 Å². The monoisotopic (exact) mass is 289 g/mol. The second-order valence-electron chi connectivity index (χ2n) is 5.26. The van der Waals surface area contributed by atoms with E-state index >= 15 is 0 Å². The Morgan fingerprint density at radius 1 is 1.40 bits per heavy atom. The molecule has 0 unspecified atom stereocenters. The largest absolute Gasteiger partial charge is 0.370 e. The van der Waals surface area contributed by atoms with Gasteiger partial charge in [0.05, 0.1) is 5.01 Å². The predicted octanol–water partition coefficient (Wildman–Crippen LogP) is 2.10. The maximum Gasteiger partial charge on any atom is 0.129 e. The van der Waals surface area contributed by atoms with Gasteiger partial charge in [-0.25, -0.2) is 15.0 Å². The van der Waals surface area contributed by atoms with E-state index in [4.69, 9.17) is 5.73 Å².